The highest BCUT2D eigenvalue weighted by Gasteiger charge is 2.14. The minimum absolute atomic E-state index is 0. The van der Waals surface area contributed by atoms with Gasteiger partial charge in [-0.15, -0.1) is 24.0 Å². The van der Waals surface area contributed by atoms with Gasteiger partial charge in [-0.05, 0) is 30.9 Å². The van der Waals surface area contributed by atoms with Crippen LogP contribution >= 0.6 is 24.0 Å². The molecule has 0 atom stereocenters. The maximum absolute atomic E-state index is 11.9. The van der Waals surface area contributed by atoms with Gasteiger partial charge >= 0.3 is 0 Å². The van der Waals surface area contributed by atoms with E-state index in [2.05, 4.69) is 15.6 Å². The predicted molar refractivity (Wildman–Crippen MR) is 124 cm³/mol. The number of guanidine groups is 1. The van der Waals surface area contributed by atoms with E-state index in [0.29, 0.717) is 23.4 Å². The summed E-state index contributed by atoms with van der Waals surface area (Å²) in [4.78, 5) is 17.9. The van der Waals surface area contributed by atoms with Crippen molar-refractivity contribution < 1.29 is 14.3 Å². The van der Waals surface area contributed by atoms with Crippen LogP contribution in [0.5, 0.6) is 11.5 Å². The van der Waals surface area contributed by atoms with E-state index in [4.69, 9.17) is 9.47 Å². The van der Waals surface area contributed by atoms with Crippen LogP contribution in [0.15, 0.2) is 23.2 Å². The molecule has 0 aromatic heterocycles. The van der Waals surface area contributed by atoms with Crippen molar-refractivity contribution in [2.75, 3.05) is 46.7 Å². The van der Waals surface area contributed by atoms with Crippen LogP contribution in [0.4, 0.5) is 5.69 Å². The molecule has 0 bridgehead atoms. The zero-order valence-electron chi connectivity index (χ0n) is 17.3. The quantitative estimate of drug-likeness (QED) is 0.339. The van der Waals surface area contributed by atoms with Crippen molar-refractivity contribution in [3.05, 3.63) is 18.2 Å². The number of ether oxygens (including phenoxy) is 2. The fraction of sp³-hybridized carbons (Fsp3) is 0.600. The molecule has 1 aromatic rings. The van der Waals surface area contributed by atoms with Gasteiger partial charge in [0.1, 0.15) is 6.54 Å². The third kappa shape index (κ3) is 7.73. The number of benzene rings is 1. The zero-order chi connectivity index (χ0) is 19.6. The molecule has 2 rings (SSSR count). The molecule has 0 unspecified atom stereocenters. The van der Waals surface area contributed by atoms with E-state index in [1.165, 1.54) is 32.1 Å². The van der Waals surface area contributed by atoms with Gasteiger partial charge < -0.3 is 25.0 Å². The predicted octanol–water partition coefficient (Wildman–Crippen LogP) is 3.35. The Morgan fingerprint density at radius 1 is 1.14 bits per heavy atom. The molecule has 0 spiro atoms. The molecule has 0 aliphatic heterocycles. The molecule has 0 radical (unpaired) electrons. The van der Waals surface area contributed by atoms with Crippen LogP contribution < -0.4 is 20.1 Å². The first-order chi connectivity index (χ1) is 13.0. The maximum Gasteiger partial charge on any atom is 0.243 e. The Kier molecular flexibility index (Phi) is 11.0. The van der Waals surface area contributed by atoms with Crippen LogP contribution in [0.2, 0.25) is 0 Å². The zero-order valence-corrected chi connectivity index (χ0v) is 19.6. The lowest BCUT2D eigenvalue weighted by atomic mass is 9.89. The number of hydrogen-bond donors (Lipinski definition) is 2. The van der Waals surface area contributed by atoms with Crippen LogP contribution in [0.25, 0.3) is 0 Å². The minimum atomic E-state index is -0.0407. The number of hydrogen-bond acceptors (Lipinski definition) is 4. The molecule has 1 fully saturated rings. The lowest BCUT2D eigenvalue weighted by molar-refractivity contribution is -0.127. The molecule has 1 aromatic carbocycles. The van der Waals surface area contributed by atoms with E-state index in [0.717, 1.165) is 12.2 Å². The van der Waals surface area contributed by atoms with Gasteiger partial charge in [0.25, 0.3) is 0 Å². The van der Waals surface area contributed by atoms with Gasteiger partial charge in [0.15, 0.2) is 17.5 Å². The van der Waals surface area contributed by atoms with E-state index in [9.17, 15) is 4.79 Å². The molecule has 158 valence electrons. The number of halogens is 1. The number of likely N-dealkylation sites (N-methyl/N-ethyl adjacent to an activating group) is 1. The number of amides is 1. The largest absolute Gasteiger partial charge is 0.493 e. The van der Waals surface area contributed by atoms with Gasteiger partial charge in [-0.25, -0.2) is 4.99 Å². The first kappa shape index (κ1) is 24.3. The van der Waals surface area contributed by atoms with E-state index in [1.807, 2.05) is 18.2 Å². The summed E-state index contributed by atoms with van der Waals surface area (Å²) in [6.07, 6.45) is 6.40. The second kappa shape index (κ2) is 12.7. The molecule has 1 amide bonds. The highest BCUT2D eigenvalue weighted by Crippen LogP contribution is 2.29. The Morgan fingerprint density at radius 2 is 1.82 bits per heavy atom. The topological polar surface area (TPSA) is 75.2 Å². The summed E-state index contributed by atoms with van der Waals surface area (Å²) < 4.78 is 10.6. The van der Waals surface area contributed by atoms with E-state index in [1.54, 1.807) is 33.2 Å². The van der Waals surface area contributed by atoms with Crippen molar-refractivity contribution in [2.24, 2.45) is 10.9 Å². The first-order valence-corrected chi connectivity index (χ1v) is 9.51. The molecule has 0 saturated heterocycles. The highest BCUT2D eigenvalue weighted by molar-refractivity contribution is 14.0. The van der Waals surface area contributed by atoms with Crippen molar-refractivity contribution in [3.63, 3.8) is 0 Å². The molecule has 0 heterocycles. The number of carbonyl (C=O) groups excluding carboxylic acids is 1. The van der Waals surface area contributed by atoms with Crippen molar-refractivity contribution >= 4 is 41.5 Å². The van der Waals surface area contributed by atoms with Crippen molar-refractivity contribution in [1.82, 2.24) is 10.2 Å². The average molecular weight is 504 g/mol. The Hall–Kier alpha value is -1.71. The molecule has 1 aliphatic rings. The molecule has 1 aliphatic carbocycles. The van der Waals surface area contributed by atoms with Gasteiger partial charge in [-0.3, -0.25) is 4.79 Å². The normalized spacial score (nSPS) is 14.6. The number of nitrogens with zero attached hydrogens (tertiary/aromatic N) is 2. The second-order valence-electron chi connectivity index (χ2n) is 7.03. The van der Waals surface area contributed by atoms with Crippen LogP contribution in [-0.2, 0) is 4.79 Å². The molecule has 1 saturated carbocycles. The van der Waals surface area contributed by atoms with Crippen LogP contribution in [0.1, 0.15) is 32.1 Å². The van der Waals surface area contributed by atoms with E-state index < -0.39 is 0 Å². The molecule has 8 heteroatoms. The van der Waals surface area contributed by atoms with E-state index in [-0.39, 0.29) is 36.4 Å². The fourth-order valence-electron chi connectivity index (χ4n) is 3.11. The summed E-state index contributed by atoms with van der Waals surface area (Å²) >= 11 is 0. The number of methoxy groups -OCH3 is 2. The van der Waals surface area contributed by atoms with Crippen molar-refractivity contribution in [1.29, 1.82) is 0 Å². The minimum Gasteiger partial charge on any atom is -0.493 e. The van der Waals surface area contributed by atoms with E-state index >= 15 is 0 Å². The molecular weight excluding hydrogens is 471 g/mol. The molecule has 7 nitrogen and oxygen atoms in total. The highest BCUT2D eigenvalue weighted by atomic mass is 127. The fourth-order valence-corrected chi connectivity index (χ4v) is 3.11. The SMILES string of the molecule is COc1ccc(NC(=NCC(=O)N(C)C)NCC2CCCCC2)cc1OC.I. The first-order valence-electron chi connectivity index (χ1n) is 9.51. The smallest absolute Gasteiger partial charge is 0.243 e. The summed E-state index contributed by atoms with van der Waals surface area (Å²) in [6, 6.07) is 5.59. The van der Waals surface area contributed by atoms with Gasteiger partial charge in [-0.2, -0.15) is 0 Å². The van der Waals surface area contributed by atoms with Crippen LogP contribution in [0, 0.1) is 5.92 Å². The third-order valence-electron chi connectivity index (χ3n) is 4.80. The third-order valence-corrected chi connectivity index (χ3v) is 4.80. The number of carbonyl (C=O) groups is 1. The standard InChI is InChI=1S/C20H32N4O3.HI/c1-24(2)19(25)14-22-20(21-13-15-8-6-5-7-9-15)23-16-10-11-17(26-3)18(12-16)27-4;/h10-12,15H,5-9,13-14H2,1-4H3,(H2,21,22,23);1H. The summed E-state index contributed by atoms with van der Waals surface area (Å²) in [7, 11) is 6.67. The Bertz CT molecular complexity index is 646. The average Bonchev–Trinajstić information content (AvgIpc) is 2.70. The lowest BCUT2D eigenvalue weighted by Gasteiger charge is -2.23. The van der Waals surface area contributed by atoms with Crippen LogP contribution in [0.3, 0.4) is 0 Å². The Labute approximate surface area is 185 Å². The monoisotopic (exact) mass is 504 g/mol. The van der Waals surface area contributed by atoms with Gasteiger partial charge in [0.05, 0.1) is 14.2 Å². The lowest BCUT2D eigenvalue weighted by Crippen LogP contribution is -2.36. The summed E-state index contributed by atoms with van der Waals surface area (Å²) in [5.41, 5.74) is 0.819. The van der Waals surface area contributed by atoms with Crippen molar-refractivity contribution in [2.45, 2.75) is 32.1 Å². The summed E-state index contributed by atoms with van der Waals surface area (Å²) in [5.74, 6) is 2.52. The van der Waals surface area contributed by atoms with Gasteiger partial charge in [0.2, 0.25) is 5.91 Å². The molecule has 2 N–H and O–H groups in total. The molecular formula is C20H33IN4O3. The second-order valence-corrected chi connectivity index (χ2v) is 7.03. The van der Waals surface area contributed by atoms with Gasteiger partial charge in [-0.1, -0.05) is 19.3 Å². The number of aliphatic imine (C=N–C) groups is 1. The number of rotatable bonds is 7. The van der Waals surface area contributed by atoms with Crippen molar-refractivity contribution in [3.8, 4) is 11.5 Å². The number of nitrogens with one attached hydrogen (secondary N) is 2. The Balaban J connectivity index is 0.00000392. The van der Waals surface area contributed by atoms with Crippen LogP contribution in [-0.4, -0.2) is 58.2 Å². The number of anilines is 1. The van der Waals surface area contributed by atoms with Gasteiger partial charge in [0, 0.05) is 32.4 Å². The molecule has 28 heavy (non-hydrogen) atoms. The maximum atomic E-state index is 11.9. The summed E-state index contributed by atoms with van der Waals surface area (Å²) in [6.45, 7) is 0.954. The summed E-state index contributed by atoms with van der Waals surface area (Å²) in [5, 5.41) is 6.67. The Morgan fingerprint density at radius 3 is 2.43 bits per heavy atom.